The lowest BCUT2D eigenvalue weighted by atomic mass is 10.1. The van der Waals surface area contributed by atoms with Crippen LogP contribution in [-0.4, -0.2) is 38.4 Å². The predicted octanol–water partition coefficient (Wildman–Crippen LogP) is 3.15. The number of anilines is 1. The van der Waals surface area contributed by atoms with Gasteiger partial charge in [0.2, 0.25) is 5.91 Å². The minimum atomic E-state index is -4.56. The maximum Gasteiger partial charge on any atom is 0.419 e. The summed E-state index contributed by atoms with van der Waals surface area (Å²) in [5.74, 6) is 1.88. The summed E-state index contributed by atoms with van der Waals surface area (Å²) in [6.45, 7) is 3.06. The molecular weight excluding hydrogens is 383 g/mol. The van der Waals surface area contributed by atoms with Crippen LogP contribution in [0, 0.1) is 17.8 Å². The van der Waals surface area contributed by atoms with Crippen LogP contribution in [0.15, 0.2) is 18.5 Å². The summed E-state index contributed by atoms with van der Waals surface area (Å²) in [6, 6.07) is 1.30. The Kier molecular flexibility index (Phi) is 3.95. The van der Waals surface area contributed by atoms with E-state index in [9.17, 15) is 18.0 Å². The lowest BCUT2D eigenvalue weighted by molar-refractivity contribution is -0.137. The van der Waals surface area contributed by atoms with Crippen molar-refractivity contribution in [2.24, 2.45) is 17.8 Å². The van der Waals surface area contributed by atoms with Gasteiger partial charge in [0.25, 0.3) is 0 Å². The van der Waals surface area contributed by atoms with Gasteiger partial charge in [0, 0.05) is 62.3 Å². The fourth-order valence-electron chi connectivity index (χ4n) is 4.57. The van der Waals surface area contributed by atoms with E-state index in [2.05, 4.69) is 9.55 Å². The highest BCUT2D eigenvalue weighted by molar-refractivity contribution is 5.74. The SMILES string of the molecule is CC(=O)N1C[C@@H]2C(n3cc(-c4cnc(N)c(C(F)(F)F)c4)nc3CC3CC3)[C@@H]2C1. The maximum absolute atomic E-state index is 13.2. The molecule has 154 valence electrons. The zero-order valence-corrected chi connectivity index (χ0v) is 16.0. The quantitative estimate of drug-likeness (QED) is 0.848. The maximum atomic E-state index is 13.2. The number of hydrogen-bond acceptors (Lipinski definition) is 4. The molecule has 9 heteroatoms. The molecule has 6 nitrogen and oxygen atoms in total. The molecule has 1 saturated heterocycles. The van der Waals surface area contributed by atoms with Gasteiger partial charge in [-0.25, -0.2) is 9.97 Å². The number of pyridine rings is 1. The van der Waals surface area contributed by atoms with Crippen molar-refractivity contribution in [1.29, 1.82) is 0 Å². The third kappa shape index (κ3) is 3.26. The number of rotatable bonds is 4. The van der Waals surface area contributed by atoms with E-state index in [4.69, 9.17) is 10.7 Å². The third-order valence-electron chi connectivity index (χ3n) is 6.41. The molecule has 0 bridgehead atoms. The number of fused-ring (bicyclic) bond motifs is 1. The largest absolute Gasteiger partial charge is 0.419 e. The monoisotopic (exact) mass is 405 g/mol. The standard InChI is InChI=1S/C20H22F3N5O/c1-10(29)27-7-13-14(8-27)18(13)28-9-16(26-17(28)4-11-2-3-11)12-5-15(20(21,22)23)19(24)25-6-12/h5-6,9,11,13-14,18H,2-4,7-8H2,1H3,(H2,24,25)/t13-,14+,18?. The number of nitrogen functional groups attached to an aromatic ring is 1. The summed E-state index contributed by atoms with van der Waals surface area (Å²) in [5, 5.41) is 0. The average molecular weight is 405 g/mol. The van der Waals surface area contributed by atoms with E-state index >= 15 is 0 Å². The van der Waals surface area contributed by atoms with Gasteiger partial charge in [-0.3, -0.25) is 4.79 Å². The molecule has 0 spiro atoms. The minimum Gasteiger partial charge on any atom is -0.383 e. The van der Waals surface area contributed by atoms with Gasteiger partial charge >= 0.3 is 6.18 Å². The topological polar surface area (TPSA) is 77.0 Å². The molecule has 2 saturated carbocycles. The first-order chi connectivity index (χ1) is 13.7. The Morgan fingerprint density at radius 1 is 1.28 bits per heavy atom. The van der Waals surface area contributed by atoms with E-state index in [1.165, 1.54) is 19.0 Å². The van der Waals surface area contributed by atoms with Crippen molar-refractivity contribution in [2.75, 3.05) is 18.8 Å². The van der Waals surface area contributed by atoms with E-state index < -0.39 is 17.6 Å². The lowest BCUT2D eigenvalue weighted by Gasteiger charge is -2.19. The van der Waals surface area contributed by atoms with Gasteiger partial charge in [0.15, 0.2) is 0 Å². The number of carbonyl (C=O) groups excluding carboxylic acids is 1. The lowest BCUT2D eigenvalue weighted by Crippen LogP contribution is -2.29. The summed E-state index contributed by atoms with van der Waals surface area (Å²) in [7, 11) is 0. The smallest absolute Gasteiger partial charge is 0.383 e. The molecule has 3 aliphatic rings. The van der Waals surface area contributed by atoms with Crippen LogP contribution in [0.3, 0.4) is 0 Å². The first kappa shape index (κ1) is 18.4. The van der Waals surface area contributed by atoms with E-state index in [0.717, 1.165) is 31.4 Å². The van der Waals surface area contributed by atoms with Crippen molar-refractivity contribution in [3.05, 3.63) is 29.8 Å². The number of aromatic nitrogens is 3. The van der Waals surface area contributed by atoms with Crippen molar-refractivity contribution >= 4 is 11.7 Å². The number of hydrogen-bond donors (Lipinski definition) is 1. The van der Waals surface area contributed by atoms with Crippen molar-refractivity contribution in [1.82, 2.24) is 19.4 Å². The molecule has 1 amide bonds. The molecule has 2 aliphatic carbocycles. The normalized spacial score (nSPS) is 25.9. The highest BCUT2D eigenvalue weighted by Gasteiger charge is 2.58. The molecule has 1 unspecified atom stereocenters. The summed E-state index contributed by atoms with van der Waals surface area (Å²) >= 11 is 0. The summed E-state index contributed by atoms with van der Waals surface area (Å²) in [4.78, 5) is 21.9. The van der Waals surface area contributed by atoms with Crippen LogP contribution in [0.1, 0.15) is 37.2 Å². The van der Waals surface area contributed by atoms with Gasteiger partial charge in [0.05, 0.1) is 11.3 Å². The number of imidazole rings is 1. The predicted molar refractivity (Wildman–Crippen MR) is 99.6 cm³/mol. The first-order valence-electron chi connectivity index (χ1n) is 9.88. The molecule has 29 heavy (non-hydrogen) atoms. The Bertz CT molecular complexity index is 969. The van der Waals surface area contributed by atoms with E-state index in [1.54, 1.807) is 6.92 Å². The minimum absolute atomic E-state index is 0.0908. The van der Waals surface area contributed by atoms with Crippen LogP contribution in [-0.2, 0) is 17.4 Å². The zero-order valence-electron chi connectivity index (χ0n) is 16.0. The Morgan fingerprint density at radius 2 is 1.97 bits per heavy atom. The van der Waals surface area contributed by atoms with Crippen LogP contribution >= 0.6 is 0 Å². The van der Waals surface area contributed by atoms with Crippen LogP contribution in [0.4, 0.5) is 19.0 Å². The summed E-state index contributed by atoms with van der Waals surface area (Å²) in [5.41, 5.74) is 5.31. The number of likely N-dealkylation sites (tertiary alicyclic amines) is 1. The second-order valence-corrected chi connectivity index (χ2v) is 8.49. The Morgan fingerprint density at radius 3 is 2.55 bits per heavy atom. The average Bonchev–Trinajstić information content (AvgIpc) is 3.49. The molecule has 2 aromatic heterocycles. The number of carbonyl (C=O) groups is 1. The second-order valence-electron chi connectivity index (χ2n) is 8.49. The molecule has 3 heterocycles. The highest BCUT2D eigenvalue weighted by Crippen LogP contribution is 2.56. The van der Waals surface area contributed by atoms with E-state index in [-0.39, 0.29) is 11.9 Å². The molecule has 0 radical (unpaired) electrons. The number of alkyl halides is 3. The fourth-order valence-corrected chi connectivity index (χ4v) is 4.57. The molecule has 2 N–H and O–H groups in total. The number of nitrogens with two attached hydrogens (primary N) is 1. The molecule has 3 fully saturated rings. The molecule has 1 aliphatic heterocycles. The van der Waals surface area contributed by atoms with Gasteiger partial charge in [-0.2, -0.15) is 13.2 Å². The Labute approximate surface area is 165 Å². The molecular formula is C20H22F3N5O. The summed E-state index contributed by atoms with van der Waals surface area (Å²) < 4.78 is 41.8. The summed E-state index contributed by atoms with van der Waals surface area (Å²) in [6.07, 6.45) is 1.81. The van der Waals surface area contributed by atoms with E-state index in [1.807, 2.05) is 11.1 Å². The number of piperidine rings is 1. The van der Waals surface area contributed by atoms with Gasteiger partial charge in [-0.05, 0) is 24.8 Å². The third-order valence-corrected chi connectivity index (χ3v) is 6.41. The van der Waals surface area contributed by atoms with Crippen molar-refractivity contribution < 1.29 is 18.0 Å². The van der Waals surface area contributed by atoms with Crippen LogP contribution in [0.2, 0.25) is 0 Å². The second kappa shape index (κ2) is 6.21. The number of amides is 1. The molecule has 5 rings (SSSR count). The Hall–Kier alpha value is -2.58. The fraction of sp³-hybridized carbons (Fsp3) is 0.550. The van der Waals surface area contributed by atoms with Crippen LogP contribution in [0.5, 0.6) is 0 Å². The van der Waals surface area contributed by atoms with Gasteiger partial charge in [-0.1, -0.05) is 0 Å². The van der Waals surface area contributed by atoms with Gasteiger partial charge in [0.1, 0.15) is 11.6 Å². The van der Waals surface area contributed by atoms with Gasteiger partial charge < -0.3 is 15.2 Å². The van der Waals surface area contributed by atoms with Crippen LogP contribution in [0.25, 0.3) is 11.3 Å². The number of halogens is 3. The van der Waals surface area contributed by atoms with E-state index in [0.29, 0.717) is 29.0 Å². The van der Waals surface area contributed by atoms with Crippen molar-refractivity contribution in [3.8, 4) is 11.3 Å². The first-order valence-corrected chi connectivity index (χ1v) is 9.88. The van der Waals surface area contributed by atoms with Crippen molar-refractivity contribution in [3.63, 3.8) is 0 Å². The molecule has 0 aromatic carbocycles. The van der Waals surface area contributed by atoms with Gasteiger partial charge in [-0.15, -0.1) is 0 Å². The highest BCUT2D eigenvalue weighted by atomic mass is 19.4. The molecule has 3 atom stereocenters. The van der Waals surface area contributed by atoms with Crippen LogP contribution < -0.4 is 5.73 Å². The van der Waals surface area contributed by atoms with Crippen molar-refractivity contribution in [2.45, 2.75) is 38.4 Å². The number of nitrogens with zero attached hydrogens (tertiary/aromatic N) is 4. The zero-order chi connectivity index (χ0) is 20.5. The molecule has 2 aromatic rings. The Balaban J connectivity index is 1.46.